The first kappa shape index (κ1) is 26.6. The van der Waals surface area contributed by atoms with Crippen LogP contribution in [-0.4, -0.2) is 52.1 Å². The summed E-state index contributed by atoms with van der Waals surface area (Å²) in [5.74, 6) is 3.18. The minimum atomic E-state index is 0. The highest BCUT2D eigenvalue weighted by molar-refractivity contribution is 14.0. The smallest absolute Gasteiger partial charge is 0.191 e. The van der Waals surface area contributed by atoms with Crippen LogP contribution in [0.5, 0.6) is 17.2 Å². The van der Waals surface area contributed by atoms with Gasteiger partial charge >= 0.3 is 0 Å². The number of hydrogen-bond donors (Lipinski definition) is 3. The second kappa shape index (κ2) is 15.5. The second-order valence-electron chi connectivity index (χ2n) is 6.25. The molecule has 0 amide bonds. The van der Waals surface area contributed by atoms with Crippen LogP contribution in [-0.2, 0) is 6.54 Å². The minimum absolute atomic E-state index is 0. The molecule has 7 nitrogen and oxygen atoms in total. The van der Waals surface area contributed by atoms with Crippen molar-refractivity contribution in [2.24, 2.45) is 10.9 Å². The van der Waals surface area contributed by atoms with Crippen LogP contribution in [0, 0.1) is 5.92 Å². The van der Waals surface area contributed by atoms with Gasteiger partial charge in [0.1, 0.15) is 17.2 Å². The average molecular weight is 509 g/mol. The molecule has 1 aromatic carbocycles. The summed E-state index contributed by atoms with van der Waals surface area (Å²) < 4.78 is 16.3. The van der Waals surface area contributed by atoms with Crippen molar-refractivity contribution in [1.82, 2.24) is 10.6 Å². The number of halogens is 1. The summed E-state index contributed by atoms with van der Waals surface area (Å²) in [4.78, 5) is 4.68. The van der Waals surface area contributed by atoms with E-state index in [1.165, 1.54) is 0 Å². The topological polar surface area (TPSA) is 84.3 Å². The van der Waals surface area contributed by atoms with E-state index in [9.17, 15) is 5.11 Å². The van der Waals surface area contributed by atoms with E-state index in [2.05, 4.69) is 22.5 Å². The Morgan fingerprint density at radius 2 is 1.68 bits per heavy atom. The zero-order chi connectivity index (χ0) is 20.1. The van der Waals surface area contributed by atoms with E-state index in [-0.39, 0.29) is 30.6 Å². The Morgan fingerprint density at radius 3 is 2.14 bits per heavy atom. The number of rotatable bonds is 12. The van der Waals surface area contributed by atoms with Crippen LogP contribution in [0.15, 0.2) is 17.1 Å². The molecule has 3 N–H and O–H groups in total. The molecule has 0 spiro atoms. The van der Waals surface area contributed by atoms with Crippen LogP contribution in [0.4, 0.5) is 0 Å². The van der Waals surface area contributed by atoms with Gasteiger partial charge < -0.3 is 30.0 Å². The summed E-state index contributed by atoms with van der Waals surface area (Å²) in [5, 5.41) is 15.9. The number of methoxy groups -OCH3 is 3. The molecular formula is C20H36IN3O4. The summed E-state index contributed by atoms with van der Waals surface area (Å²) in [6.07, 6.45) is 2.97. The lowest BCUT2D eigenvalue weighted by Crippen LogP contribution is -2.40. The number of guanidine groups is 1. The fourth-order valence-electron chi connectivity index (χ4n) is 2.91. The number of ether oxygens (including phenoxy) is 3. The van der Waals surface area contributed by atoms with Gasteiger partial charge in [-0.3, -0.25) is 0 Å². The van der Waals surface area contributed by atoms with Crippen LogP contribution in [0.25, 0.3) is 0 Å². The van der Waals surface area contributed by atoms with E-state index in [1.54, 1.807) is 21.3 Å². The monoisotopic (exact) mass is 509 g/mol. The van der Waals surface area contributed by atoms with Gasteiger partial charge in [0, 0.05) is 31.8 Å². The molecular weight excluding hydrogens is 473 g/mol. The molecule has 28 heavy (non-hydrogen) atoms. The Kier molecular flexibility index (Phi) is 14.7. The maximum absolute atomic E-state index is 9.23. The normalized spacial score (nSPS) is 12.0. The lowest BCUT2D eigenvalue weighted by molar-refractivity contribution is 0.251. The lowest BCUT2D eigenvalue weighted by Gasteiger charge is -2.19. The largest absolute Gasteiger partial charge is 0.496 e. The van der Waals surface area contributed by atoms with Gasteiger partial charge in [-0.1, -0.05) is 13.3 Å². The summed E-state index contributed by atoms with van der Waals surface area (Å²) in [6, 6.07) is 3.65. The van der Waals surface area contributed by atoms with Gasteiger partial charge in [0.25, 0.3) is 0 Å². The highest BCUT2D eigenvalue weighted by Gasteiger charge is 2.14. The maximum atomic E-state index is 9.23. The molecule has 0 bridgehead atoms. The first-order chi connectivity index (χ1) is 13.1. The molecule has 0 heterocycles. The Bertz CT molecular complexity index is 554. The van der Waals surface area contributed by atoms with Crippen LogP contribution < -0.4 is 24.8 Å². The van der Waals surface area contributed by atoms with E-state index in [4.69, 9.17) is 14.2 Å². The van der Waals surface area contributed by atoms with E-state index in [0.717, 1.165) is 43.9 Å². The first-order valence-corrected chi connectivity index (χ1v) is 9.55. The van der Waals surface area contributed by atoms with Gasteiger partial charge in [-0.2, -0.15) is 0 Å². The van der Waals surface area contributed by atoms with Crippen molar-refractivity contribution in [2.45, 2.75) is 39.7 Å². The number of aliphatic hydroxyl groups is 1. The average Bonchev–Trinajstić information content (AvgIpc) is 2.69. The van der Waals surface area contributed by atoms with Crippen molar-refractivity contribution in [3.8, 4) is 17.2 Å². The highest BCUT2D eigenvalue weighted by Crippen LogP contribution is 2.34. The van der Waals surface area contributed by atoms with Crippen molar-refractivity contribution in [1.29, 1.82) is 0 Å². The number of aliphatic hydroxyl groups excluding tert-OH is 1. The zero-order valence-corrected chi connectivity index (χ0v) is 20.0. The van der Waals surface area contributed by atoms with Crippen molar-refractivity contribution in [3.05, 3.63) is 17.7 Å². The molecule has 162 valence electrons. The standard InChI is InChI=1S/C20H35N3O4.HI/c1-6-8-15(9-10-24)13-22-20(21-7-2)23-14-17-18(26-4)11-16(25-3)12-19(17)27-5;/h11-12,15,24H,6-10,13-14H2,1-5H3,(H2,21,22,23);1H. The quantitative estimate of drug-likeness (QED) is 0.228. The maximum Gasteiger partial charge on any atom is 0.191 e. The number of nitrogens with one attached hydrogen (secondary N) is 2. The Hall–Kier alpha value is -1.42. The van der Waals surface area contributed by atoms with Gasteiger partial charge in [0.05, 0.1) is 33.4 Å². The van der Waals surface area contributed by atoms with Gasteiger partial charge in [-0.05, 0) is 25.7 Å². The van der Waals surface area contributed by atoms with Crippen LogP contribution in [0.3, 0.4) is 0 Å². The van der Waals surface area contributed by atoms with Gasteiger partial charge in [0.2, 0.25) is 0 Å². The van der Waals surface area contributed by atoms with Crippen molar-refractivity contribution < 1.29 is 19.3 Å². The Labute approximate surface area is 186 Å². The molecule has 1 rings (SSSR count). The summed E-state index contributed by atoms with van der Waals surface area (Å²) in [5.41, 5.74) is 0.860. The van der Waals surface area contributed by atoms with E-state index >= 15 is 0 Å². The number of aliphatic imine (C=N–C) groups is 1. The number of hydrogen-bond acceptors (Lipinski definition) is 5. The van der Waals surface area contributed by atoms with Gasteiger partial charge in [-0.15, -0.1) is 24.0 Å². The third kappa shape index (κ3) is 8.72. The summed E-state index contributed by atoms with van der Waals surface area (Å²) >= 11 is 0. The van der Waals surface area contributed by atoms with E-state index < -0.39 is 0 Å². The fourth-order valence-corrected chi connectivity index (χ4v) is 2.91. The molecule has 0 aliphatic rings. The fraction of sp³-hybridized carbons (Fsp3) is 0.650. The van der Waals surface area contributed by atoms with E-state index in [1.807, 2.05) is 19.1 Å². The minimum Gasteiger partial charge on any atom is -0.496 e. The number of benzene rings is 1. The van der Waals surface area contributed by atoms with E-state index in [0.29, 0.717) is 29.7 Å². The molecule has 8 heteroatoms. The predicted octanol–water partition coefficient (Wildman–Crippen LogP) is 3.18. The Balaban J connectivity index is 0.00000729. The van der Waals surface area contributed by atoms with Crippen LogP contribution in [0.2, 0.25) is 0 Å². The third-order valence-electron chi connectivity index (χ3n) is 4.35. The lowest BCUT2D eigenvalue weighted by atomic mass is 10.0. The predicted molar refractivity (Wildman–Crippen MR) is 124 cm³/mol. The molecule has 0 saturated heterocycles. The number of nitrogens with zero attached hydrogens (tertiary/aromatic N) is 1. The first-order valence-electron chi connectivity index (χ1n) is 9.55. The molecule has 0 fully saturated rings. The SMILES string of the molecule is CCCC(CCO)CNC(=NCc1c(OC)cc(OC)cc1OC)NCC.I. The van der Waals surface area contributed by atoms with Crippen LogP contribution in [0.1, 0.15) is 38.7 Å². The van der Waals surface area contributed by atoms with Gasteiger partial charge in [-0.25, -0.2) is 4.99 Å². The van der Waals surface area contributed by atoms with Gasteiger partial charge in [0.15, 0.2) is 5.96 Å². The van der Waals surface area contributed by atoms with Crippen molar-refractivity contribution in [3.63, 3.8) is 0 Å². The highest BCUT2D eigenvalue weighted by atomic mass is 127. The van der Waals surface area contributed by atoms with Crippen LogP contribution >= 0.6 is 24.0 Å². The summed E-state index contributed by atoms with van der Waals surface area (Å²) in [6.45, 7) is 6.34. The molecule has 0 aromatic heterocycles. The third-order valence-corrected chi connectivity index (χ3v) is 4.35. The molecule has 1 unspecified atom stereocenters. The van der Waals surface area contributed by atoms with Crippen molar-refractivity contribution >= 4 is 29.9 Å². The second-order valence-corrected chi connectivity index (χ2v) is 6.25. The molecule has 0 aliphatic carbocycles. The summed E-state index contributed by atoms with van der Waals surface area (Å²) in [7, 11) is 4.85. The Morgan fingerprint density at radius 1 is 1.04 bits per heavy atom. The molecule has 1 aromatic rings. The molecule has 1 atom stereocenters. The zero-order valence-electron chi connectivity index (χ0n) is 17.7. The molecule has 0 aliphatic heterocycles. The van der Waals surface area contributed by atoms with Crippen molar-refractivity contribution in [2.75, 3.05) is 41.0 Å². The molecule has 0 radical (unpaired) electrons. The molecule has 0 saturated carbocycles.